The molecule has 1 saturated heterocycles. The zero-order valence-corrected chi connectivity index (χ0v) is 14.1. The zero-order chi connectivity index (χ0) is 17.3. The van der Waals surface area contributed by atoms with Crippen LogP contribution in [-0.2, 0) is 9.59 Å². The van der Waals surface area contributed by atoms with Crippen molar-refractivity contribution < 1.29 is 14.4 Å². The predicted octanol–water partition coefficient (Wildman–Crippen LogP) is 1.41. The summed E-state index contributed by atoms with van der Waals surface area (Å²) in [4.78, 5) is 41.1. The minimum atomic E-state index is -0.456. The van der Waals surface area contributed by atoms with Crippen molar-refractivity contribution >= 4 is 23.4 Å². The van der Waals surface area contributed by atoms with E-state index in [4.69, 9.17) is 0 Å². The fourth-order valence-electron chi connectivity index (χ4n) is 3.29. The summed E-state index contributed by atoms with van der Waals surface area (Å²) in [5.74, 6) is -0.143. The van der Waals surface area contributed by atoms with E-state index in [1.807, 2.05) is 13.8 Å². The highest BCUT2D eigenvalue weighted by atomic mass is 16.2. The van der Waals surface area contributed by atoms with E-state index in [1.165, 1.54) is 4.90 Å². The molecule has 2 aliphatic heterocycles. The number of nitrogens with zero attached hydrogens (tertiary/aromatic N) is 2. The quantitative estimate of drug-likeness (QED) is 0.908. The molecular weight excluding hydrogens is 306 g/mol. The molecule has 1 atom stereocenters. The Bertz CT molecular complexity index is 671. The number of nitrogens with one attached hydrogen (secondary N) is 1. The minimum absolute atomic E-state index is 0.0554. The molecule has 128 valence electrons. The molecule has 3 amide bonds. The molecule has 2 heterocycles. The van der Waals surface area contributed by atoms with E-state index in [2.05, 4.69) is 5.32 Å². The summed E-state index contributed by atoms with van der Waals surface area (Å²) >= 11 is 0. The van der Waals surface area contributed by atoms with Gasteiger partial charge in [0.05, 0.1) is 11.3 Å². The van der Waals surface area contributed by atoms with Crippen LogP contribution in [0.25, 0.3) is 0 Å². The molecule has 0 aliphatic carbocycles. The first-order chi connectivity index (χ1) is 11.5. The highest BCUT2D eigenvalue weighted by Gasteiger charge is 2.42. The predicted molar refractivity (Wildman–Crippen MR) is 90.7 cm³/mol. The van der Waals surface area contributed by atoms with E-state index in [0.29, 0.717) is 36.7 Å². The number of anilines is 1. The van der Waals surface area contributed by atoms with Gasteiger partial charge in [-0.05, 0) is 30.9 Å². The lowest BCUT2D eigenvalue weighted by atomic mass is 10.1. The Morgan fingerprint density at radius 2 is 2.04 bits per heavy atom. The third kappa shape index (κ3) is 3.00. The Labute approximate surface area is 141 Å². The number of rotatable bonds is 4. The Balaban J connectivity index is 1.91. The summed E-state index contributed by atoms with van der Waals surface area (Å²) in [5, 5.41) is 2.84. The monoisotopic (exact) mass is 329 g/mol. The van der Waals surface area contributed by atoms with E-state index in [-0.39, 0.29) is 24.3 Å². The topological polar surface area (TPSA) is 69.7 Å². The molecule has 2 aliphatic rings. The van der Waals surface area contributed by atoms with Crippen LogP contribution in [0.5, 0.6) is 0 Å². The fraction of sp³-hybridized carbons (Fsp3) is 0.500. The number of carbonyl (C=O) groups excluding carboxylic acids is 3. The summed E-state index contributed by atoms with van der Waals surface area (Å²) in [6.07, 6.45) is 1.47. The van der Waals surface area contributed by atoms with Crippen LogP contribution in [0.15, 0.2) is 24.3 Å². The number of hydrogen-bond acceptors (Lipinski definition) is 3. The molecule has 6 heteroatoms. The van der Waals surface area contributed by atoms with Crippen molar-refractivity contribution in [3.8, 4) is 0 Å². The van der Waals surface area contributed by atoms with Crippen molar-refractivity contribution in [3.05, 3.63) is 29.8 Å². The Morgan fingerprint density at radius 1 is 1.29 bits per heavy atom. The van der Waals surface area contributed by atoms with Crippen molar-refractivity contribution in [3.63, 3.8) is 0 Å². The lowest BCUT2D eigenvalue weighted by Crippen LogP contribution is -2.48. The standard InChI is InChI=1S/C18H23N3O3/c1-12(2)10-19-16(22)11-21-14-7-4-3-6-13(14)17(23)20-9-5-8-15(20)18(21)24/h3-4,6-7,12,15H,5,8-11H2,1-2H3,(H,19,22). The highest BCUT2D eigenvalue weighted by Crippen LogP contribution is 2.32. The second-order valence-electron chi connectivity index (χ2n) is 6.80. The van der Waals surface area contributed by atoms with Gasteiger partial charge in [0.15, 0.2) is 0 Å². The van der Waals surface area contributed by atoms with Crippen LogP contribution in [0.3, 0.4) is 0 Å². The Morgan fingerprint density at radius 3 is 2.79 bits per heavy atom. The van der Waals surface area contributed by atoms with Crippen molar-refractivity contribution in [2.75, 3.05) is 24.5 Å². The SMILES string of the molecule is CC(C)CNC(=O)CN1C(=O)C2CCCN2C(=O)c2ccccc21. The van der Waals surface area contributed by atoms with Gasteiger partial charge in [0.2, 0.25) is 11.8 Å². The van der Waals surface area contributed by atoms with Crippen molar-refractivity contribution in [1.29, 1.82) is 0 Å². The molecule has 1 N–H and O–H groups in total. The lowest BCUT2D eigenvalue weighted by molar-refractivity contribution is -0.125. The van der Waals surface area contributed by atoms with E-state index in [9.17, 15) is 14.4 Å². The van der Waals surface area contributed by atoms with Gasteiger partial charge in [-0.3, -0.25) is 14.4 Å². The summed E-state index contributed by atoms with van der Waals surface area (Å²) in [5.41, 5.74) is 1.02. The largest absolute Gasteiger partial charge is 0.354 e. The van der Waals surface area contributed by atoms with E-state index in [1.54, 1.807) is 29.2 Å². The fourth-order valence-corrected chi connectivity index (χ4v) is 3.29. The van der Waals surface area contributed by atoms with Gasteiger partial charge in [-0.1, -0.05) is 26.0 Å². The number of fused-ring (bicyclic) bond motifs is 2. The highest BCUT2D eigenvalue weighted by molar-refractivity contribution is 6.12. The van der Waals surface area contributed by atoms with Crippen LogP contribution in [0.2, 0.25) is 0 Å². The maximum Gasteiger partial charge on any atom is 0.256 e. The van der Waals surface area contributed by atoms with Gasteiger partial charge in [-0.25, -0.2) is 0 Å². The third-order valence-corrected chi connectivity index (χ3v) is 4.50. The summed E-state index contributed by atoms with van der Waals surface area (Å²) in [7, 11) is 0. The van der Waals surface area contributed by atoms with Gasteiger partial charge < -0.3 is 15.1 Å². The van der Waals surface area contributed by atoms with Crippen LogP contribution < -0.4 is 10.2 Å². The van der Waals surface area contributed by atoms with Gasteiger partial charge in [-0.2, -0.15) is 0 Å². The van der Waals surface area contributed by atoms with Gasteiger partial charge >= 0.3 is 0 Å². The first-order valence-electron chi connectivity index (χ1n) is 8.47. The van der Waals surface area contributed by atoms with Crippen LogP contribution >= 0.6 is 0 Å². The minimum Gasteiger partial charge on any atom is -0.354 e. The molecule has 24 heavy (non-hydrogen) atoms. The second-order valence-corrected chi connectivity index (χ2v) is 6.80. The molecule has 6 nitrogen and oxygen atoms in total. The molecular formula is C18H23N3O3. The zero-order valence-electron chi connectivity index (χ0n) is 14.1. The number of hydrogen-bond donors (Lipinski definition) is 1. The molecule has 1 unspecified atom stereocenters. The molecule has 0 radical (unpaired) electrons. The molecule has 1 aromatic carbocycles. The molecule has 3 rings (SSSR count). The Kier molecular flexibility index (Phi) is 4.55. The van der Waals surface area contributed by atoms with Crippen molar-refractivity contribution in [2.45, 2.75) is 32.7 Å². The van der Waals surface area contributed by atoms with Crippen LogP contribution in [-0.4, -0.2) is 48.3 Å². The van der Waals surface area contributed by atoms with Crippen LogP contribution in [0.4, 0.5) is 5.69 Å². The average molecular weight is 329 g/mol. The Hall–Kier alpha value is -2.37. The average Bonchev–Trinajstić information content (AvgIpc) is 3.03. The molecule has 0 saturated carbocycles. The van der Waals surface area contributed by atoms with E-state index in [0.717, 1.165) is 6.42 Å². The van der Waals surface area contributed by atoms with Crippen molar-refractivity contribution in [2.24, 2.45) is 5.92 Å². The van der Waals surface area contributed by atoms with Gasteiger partial charge in [0, 0.05) is 13.1 Å². The number of carbonyl (C=O) groups is 3. The number of para-hydroxylation sites is 1. The summed E-state index contributed by atoms with van der Waals surface area (Å²) < 4.78 is 0. The van der Waals surface area contributed by atoms with Crippen LogP contribution in [0, 0.1) is 5.92 Å². The number of benzene rings is 1. The van der Waals surface area contributed by atoms with Gasteiger partial charge in [-0.15, -0.1) is 0 Å². The van der Waals surface area contributed by atoms with E-state index < -0.39 is 6.04 Å². The summed E-state index contributed by atoms with van der Waals surface area (Å²) in [6, 6.07) is 6.58. The molecule has 0 bridgehead atoms. The van der Waals surface area contributed by atoms with E-state index >= 15 is 0 Å². The number of amides is 3. The van der Waals surface area contributed by atoms with Crippen molar-refractivity contribution in [1.82, 2.24) is 10.2 Å². The first kappa shape index (κ1) is 16.5. The molecule has 0 spiro atoms. The molecule has 1 fully saturated rings. The normalized spacial score (nSPS) is 20.0. The first-order valence-corrected chi connectivity index (χ1v) is 8.47. The smallest absolute Gasteiger partial charge is 0.256 e. The molecule has 0 aromatic heterocycles. The molecule has 1 aromatic rings. The maximum atomic E-state index is 13.0. The van der Waals surface area contributed by atoms with Gasteiger partial charge in [0.1, 0.15) is 12.6 Å². The van der Waals surface area contributed by atoms with Crippen LogP contribution in [0.1, 0.15) is 37.0 Å². The lowest BCUT2D eigenvalue weighted by Gasteiger charge is -2.25. The second kappa shape index (κ2) is 6.63. The third-order valence-electron chi connectivity index (χ3n) is 4.50. The summed E-state index contributed by atoms with van der Waals surface area (Å²) in [6.45, 7) is 5.14. The maximum absolute atomic E-state index is 13.0. The van der Waals surface area contributed by atoms with Gasteiger partial charge in [0.25, 0.3) is 5.91 Å².